The topological polar surface area (TPSA) is 85.9 Å². The summed E-state index contributed by atoms with van der Waals surface area (Å²) in [6.07, 6.45) is 18.6. The first-order valence-corrected chi connectivity index (χ1v) is 13.7. The smallest absolute Gasteiger partial charge is 0.247 e. The van der Waals surface area contributed by atoms with Crippen LogP contribution in [-0.4, -0.2) is 50.9 Å². The molecule has 1 aliphatic rings. The van der Waals surface area contributed by atoms with Gasteiger partial charge in [0.05, 0.1) is 19.3 Å². The quantitative estimate of drug-likeness (QED) is 0.197. The lowest BCUT2D eigenvalue weighted by atomic mass is 9.86. The van der Waals surface area contributed by atoms with Gasteiger partial charge in [0.25, 0.3) is 0 Å². The Morgan fingerprint density at radius 1 is 1.18 bits per heavy atom. The number of amides is 2. The van der Waals surface area contributed by atoms with Crippen molar-refractivity contribution in [2.45, 2.75) is 79.1 Å². The summed E-state index contributed by atoms with van der Waals surface area (Å²) in [5, 5.41) is 6.31. The highest BCUT2D eigenvalue weighted by atomic mass is 35.5. The molecule has 0 aliphatic carbocycles. The lowest BCUT2D eigenvalue weighted by Gasteiger charge is -2.29. The Balaban J connectivity index is 2.63. The van der Waals surface area contributed by atoms with E-state index in [4.69, 9.17) is 25.8 Å². The number of hydrogen-bond acceptors (Lipinski definition) is 5. The van der Waals surface area contributed by atoms with Gasteiger partial charge in [-0.2, -0.15) is 0 Å². The molecular formula is C31H47ClN2O5. The Morgan fingerprint density at radius 2 is 1.87 bits per heavy atom. The second-order valence-electron chi connectivity index (χ2n) is 10.8. The standard InChI is InChI=1S/C31H47ClN2O5/c1-22(20-23(2)27-18-17-26(38-8)21-39-27)12-9-10-14-28(35)34-29(31(4,5)6)30(36)33-19-11-13-25(37-7)16-15-24(3)32/h9-12,14-15,17,19-20,23,25,27,29H,13,16,18,21H2,1-8H3,(H,33,36)(H,34,35)/b12-9-,14-10-,19-11-,22-20+,24-15+/t23-,25+,27-,29+/m0/s1. The second-order valence-corrected chi connectivity index (χ2v) is 11.4. The Kier molecular flexibility index (Phi) is 15.8. The van der Waals surface area contributed by atoms with E-state index in [-0.39, 0.29) is 29.9 Å². The molecule has 4 atom stereocenters. The lowest BCUT2D eigenvalue weighted by Crippen LogP contribution is -2.52. The molecule has 1 heterocycles. The van der Waals surface area contributed by atoms with Crippen molar-refractivity contribution in [1.29, 1.82) is 0 Å². The average Bonchev–Trinajstić information content (AvgIpc) is 2.88. The van der Waals surface area contributed by atoms with E-state index in [1.807, 2.05) is 58.9 Å². The van der Waals surface area contributed by atoms with Crippen molar-refractivity contribution in [1.82, 2.24) is 10.6 Å². The van der Waals surface area contributed by atoms with Crippen molar-refractivity contribution < 1.29 is 23.8 Å². The molecule has 218 valence electrons. The fourth-order valence-electron chi connectivity index (χ4n) is 3.89. The van der Waals surface area contributed by atoms with Gasteiger partial charge in [-0.3, -0.25) is 9.59 Å². The first-order valence-electron chi connectivity index (χ1n) is 13.4. The number of ether oxygens (including phenoxy) is 3. The summed E-state index contributed by atoms with van der Waals surface area (Å²) in [6.45, 7) is 12.2. The van der Waals surface area contributed by atoms with Crippen LogP contribution in [0, 0.1) is 11.3 Å². The number of carbonyl (C=O) groups is 2. The minimum atomic E-state index is -0.714. The maximum Gasteiger partial charge on any atom is 0.247 e. The van der Waals surface area contributed by atoms with Crippen LogP contribution in [0.3, 0.4) is 0 Å². The summed E-state index contributed by atoms with van der Waals surface area (Å²) in [7, 11) is 3.30. The maximum absolute atomic E-state index is 12.8. The highest BCUT2D eigenvalue weighted by molar-refractivity contribution is 6.29. The number of carbonyl (C=O) groups excluding carboxylic acids is 2. The van der Waals surface area contributed by atoms with Crippen LogP contribution in [0.1, 0.15) is 60.8 Å². The van der Waals surface area contributed by atoms with Crippen molar-refractivity contribution in [3.05, 3.63) is 71.2 Å². The highest BCUT2D eigenvalue weighted by Gasteiger charge is 2.31. The van der Waals surface area contributed by atoms with Gasteiger partial charge in [0.2, 0.25) is 11.8 Å². The van der Waals surface area contributed by atoms with Gasteiger partial charge in [-0.05, 0) is 50.8 Å². The van der Waals surface area contributed by atoms with Gasteiger partial charge in [-0.1, -0.05) is 81.3 Å². The predicted molar refractivity (Wildman–Crippen MR) is 159 cm³/mol. The molecule has 7 nitrogen and oxygen atoms in total. The Hall–Kier alpha value is -2.61. The van der Waals surface area contributed by atoms with Gasteiger partial charge in [-0.25, -0.2) is 0 Å². The lowest BCUT2D eigenvalue weighted by molar-refractivity contribution is -0.129. The minimum absolute atomic E-state index is 0.0355. The molecule has 0 saturated heterocycles. The number of rotatable bonds is 14. The molecule has 0 aromatic carbocycles. The second kappa shape index (κ2) is 17.9. The van der Waals surface area contributed by atoms with Crippen molar-refractivity contribution in [3.63, 3.8) is 0 Å². The summed E-state index contributed by atoms with van der Waals surface area (Å²) < 4.78 is 16.5. The first-order chi connectivity index (χ1) is 18.4. The van der Waals surface area contributed by atoms with Crippen LogP contribution < -0.4 is 10.6 Å². The third-order valence-electron chi connectivity index (χ3n) is 6.26. The molecule has 0 unspecified atom stereocenters. The summed E-state index contributed by atoms with van der Waals surface area (Å²) in [5.41, 5.74) is 0.589. The van der Waals surface area contributed by atoms with Crippen molar-refractivity contribution in [2.75, 3.05) is 20.8 Å². The molecule has 0 spiro atoms. The fraction of sp³-hybridized carbons (Fsp3) is 0.548. The molecule has 8 heteroatoms. The molecule has 0 saturated carbocycles. The molecule has 2 N–H and O–H groups in total. The van der Waals surface area contributed by atoms with Crippen molar-refractivity contribution in [3.8, 4) is 0 Å². The molecule has 1 rings (SSSR count). The molecular weight excluding hydrogens is 516 g/mol. The molecule has 0 bridgehead atoms. The Labute approximate surface area is 240 Å². The number of hydrogen-bond donors (Lipinski definition) is 2. The number of nitrogens with one attached hydrogen (secondary N) is 2. The van der Waals surface area contributed by atoms with E-state index in [9.17, 15) is 9.59 Å². The Bertz CT molecular complexity index is 968. The van der Waals surface area contributed by atoms with Gasteiger partial charge in [0.1, 0.15) is 18.4 Å². The highest BCUT2D eigenvalue weighted by Crippen LogP contribution is 2.22. The minimum Gasteiger partial charge on any atom is -0.499 e. The molecule has 39 heavy (non-hydrogen) atoms. The summed E-state index contributed by atoms with van der Waals surface area (Å²) in [5.74, 6) is 0.482. The number of halogens is 1. The molecule has 0 radical (unpaired) electrons. The van der Waals surface area contributed by atoms with E-state index in [2.05, 4.69) is 29.7 Å². The van der Waals surface area contributed by atoms with E-state index in [0.29, 0.717) is 24.5 Å². The van der Waals surface area contributed by atoms with Crippen LogP contribution in [-0.2, 0) is 23.8 Å². The van der Waals surface area contributed by atoms with Gasteiger partial charge in [0.15, 0.2) is 0 Å². The van der Waals surface area contributed by atoms with Crippen LogP contribution in [0.25, 0.3) is 0 Å². The van der Waals surface area contributed by atoms with Crippen LogP contribution in [0.15, 0.2) is 71.2 Å². The monoisotopic (exact) mass is 562 g/mol. The molecule has 0 aromatic heterocycles. The van der Waals surface area contributed by atoms with Crippen LogP contribution in [0.4, 0.5) is 0 Å². The first kappa shape index (κ1) is 34.4. The SMILES string of the molecule is COC1=CC[C@@H]([C@@H](C)/C=C(C)/C=C\C=C/C(=O)N[C@H](C(=O)N/C=C\C[C@H](C/C=C(\C)Cl)OC)C(C)(C)C)OC1. The Morgan fingerprint density at radius 3 is 2.44 bits per heavy atom. The summed E-state index contributed by atoms with van der Waals surface area (Å²) >= 11 is 5.88. The van der Waals surface area contributed by atoms with Gasteiger partial charge in [0, 0.05) is 24.1 Å². The normalized spacial score (nSPS) is 19.7. The van der Waals surface area contributed by atoms with Crippen molar-refractivity contribution in [2.24, 2.45) is 11.3 Å². The zero-order valence-corrected chi connectivity index (χ0v) is 25.5. The zero-order valence-electron chi connectivity index (χ0n) is 24.8. The molecule has 0 fully saturated rings. The molecule has 1 aliphatic heterocycles. The third-order valence-corrected chi connectivity index (χ3v) is 6.42. The molecule has 0 aromatic rings. The van der Waals surface area contributed by atoms with E-state index in [1.165, 1.54) is 6.08 Å². The largest absolute Gasteiger partial charge is 0.499 e. The average molecular weight is 563 g/mol. The van der Waals surface area contributed by atoms with Crippen LogP contribution in [0.5, 0.6) is 0 Å². The van der Waals surface area contributed by atoms with Gasteiger partial charge >= 0.3 is 0 Å². The van der Waals surface area contributed by atoms with E-state index < -0.39 is 11.5 Å². The summed E-state index contributed by atoms with van der Waals surface area (Å²) in [6, 6.07) is -0.714. The molecule has 2 amide bonds. The zero-order chi connectivity index (χ0) is 29.4. The maximum atomic E-state index is 12.8. The van der Waals surface area contributed by atoms with E-state index >= 15 is 0 Å². The van der Waals surface area contributed by atoms with E-state index in [1.54, 1.807) is 26.5 Å². The summed E-state index contributed by atoms with van der Waals surface area (Å²) in [4.78, 5) is 25.4. The number of allylic oxidation sites excluding steroid dienone is 5. The third kappa shape index (κ3) is 14.4. The van der Waals surface area contributed by atoms with Gasteiger partial charge < -0.3 is 24.8 Å². The van der Waals surface area contributed by atoms with Gasteiger partial charge in [-0.15, -0.1) is 0 Å². The van der Waals surface area contributed by atoms with Crippen molar-refractivity contribution >= 4 is 23.4 Å². The van der Waals surface area contributed by atoms with E-state index in [0.717, 1.165) is 17.8 Å². The number of methoxy groups -OCH3 is 2. The predicted octanol–water partition coefficient (Wildman–Crippen LogP) is 6.10. The fourth-order valence-corrected chi connectivity index (χ4v) is 3.98. The van der Waals surface area contributed by atoms with Crippen LogP contribution >= 0.6 is 11.6 Å². The van der Waals surface area contributed by atoms with Crippen LogP contribution in [0.2, 0.25) is 0 Å².